The molecule has 5 rings (SSSR count). The fraction of sp³-hybridized carbons (Fsp3) is 0.222. The van der Waals surface area contributed by atoms with Gasteiger partial charge in [-0.25, -0.2) is 4.98 Å². The highest BCUT2D eigenvalue weighted by Crippen LogP contribution is 2.25. The van der Waals surface area contributed by atoms with E-state index in [1.807, 2.05) is 58.1 Å². The predicted molar refractivity (Wildman–Crippen MR) is 134 cm³/mol. The third-order valence-electron chi connectivity index (χ3n) is 6.30. The topological polar surface area (TPSA) is 94.2 Å². The van der Waals surface area contributed by atoms with E-state index in [0.717, 1.165) is 59.5 Å². The lowest BCUT2D eigenvalue weighted by molar-refractivity contribution is 0.0724. The first-order chi connectivity index (χ1) is 16.6. The fourth-order valence-electron chi connectivity index (χ4n) is 4.42. The number of benzene rings is 2. The van der Waals surface area contributed by atoms with E-state index in [2.05, 4.69) is 10.3 Å². The molecule has 7 nitrogen and oxygen atoms in total. The fourth-order valence-corrected chi connectivity index (χ4v) is 4.42. The number of nitrogens with one attached hydrogen (secondary N) is 2. The van der Waals surface area contributed by atoms with Gasteiger partial charge < -0.3 is 25.3 Å². The van der Waals surface area contributed by atoms with Crippen LogP contribution in [0.3, 0.4) is 0 Å². The number of anilines is 1. The van der Waals surface area contributed by atoms with Gasteiger partial charge in [-0.15, -0.1) is 0 Å². The van der Waals surface area contributed by atoms with Gasteiger partial charge in [-0.05, 0) is 67.3 Å². The number of fused-ring (bicyclic) bond motifs is 1. The summed E-state index contributed by atoms with van der Waals surface area (Å²) in [6.07, 6.45) is 8.25. The summed E-state index contributed by atoms with van der Waals surface area (Å²) < 4.78 is 1.97. The van der Waals surface area contributed by atoms with Gasteiger partial charge in [-0.3, -0.25) is 4.79 Å². The molecule has 7 heteroatoms. The van der Waals surface area contributed by atoms with Crippen LogP contribution in [-0.2, 0) is 6.54 Å². The number of piperidine rings is 1. The molecule has 3 heterocycles. The molecule has 1 amide bonds. The molecule has 1 aliphatic rings. The first kappa shape index (κ1) is 21.7. The minimum Gasteiger partial charge on any atom is -0.508 e. The molecule has 172 valence electrons. The molecule has 2 aromatic heterocycles. The van der Waals surface area contributed by atoms with Gasteiger partial charge in [0.25, 0.3) is 5.91 Å². The molecular weight excluding hydrogens is 426 g/mol. The summed E-state index contributed by atoms with van der Waals surface area (Å²) in [4.78, 5) is 19.4. The lowest BCUT2D eigenvalue weighted by Crippen LogP contribution is -2.35. The van der Waals surface area contributed by atoms with Crippen LogP contribution in [0, 0.1) is 5.41 Å². The summed E-state index contributed by atoms with van der Waals surface area (Å²) >= 11 is 0. The van der Waals surface area contributed by atoms with Crippen LogP contribution < -0.4 is 5.32 Å². The third-order valence-corrected chi connectivity index (χ3v) is 6.30. The summed E-state index contributed by atoms with van der Waals surface area (Å²) in [6.45, 7) is 2.22. The number of phenols is 1. The van der Waals surface area contributed by atoms with Crippen LogP contribution in [0.2, 0.25) is 0 Å². The smallest absolute Gasteiger partial charge is 0.255 e. The number of rotatable bonds is 6. The van der Waals surface area contributed by atoms with Crippen molar-refractivity contribution in [1.29, 1.82) is 5.41 Å². The van der Waals surface area contributed by atoms with Gasteiger partial charge in [0, 0.05) is 60.6 Å². The Morgan fingerprint density at radius 3 is 2.62 bits per heavy atom. The van der Waals surface area contributed by atoms with E-state index in [0.29, 0.717) is 12.1 Å². The molecule has 0 unspecified atom stereocenters. The molecule has 0 aliphatic carbocycles. The largest absolute Gasteiger partial charge is 0.508 e. The molecular formula is C27H27N5O2. The first-order valence-corrected chi connectivity index (χ1v) is 11.6. The third kappa shape index (κ3) is 4.37. The SMILES string of the molecule is N=Cc1cc(-n2ccc3cc(C(=O)N4CCCCC4)cnc32)ccc1NCc1ccc(O)cc1. The maximum atomic E-state index is 12.9. The van der Waals surface area contributed by atoms with Crippen LogP contribution in [0.15, 0.2) is 67.0 Å². The van der Waals surface area contributed by atoms with Gasteiger partial charge in [0.1, 0.15) is 11.4 Å². The number of phenolic OH excluding ortho intramolecular Hbond substituents is 1. The number of hydrogen-bond donors (Lipinski definition) is 3. The second-order valence-electron chi connectivity index (χ2n) is 8.61. The summed E-state index contributed by atoms with van der Waals surface area (Å²) in [6, 6.07) is 16.8. The Morgan fingerprint density at radius 2 is 1.85 bits per heavy atom. The van der Waals surface area contributed by atoms with Gasteiger partial charge in [-0.2, -0.15) is 0 Å². The normalized spacial score (nSPS) is 13.7. The number of likely N-dealkylation sites (tertiary alicyclic amines) is 1. The molecule has 1 aliphatic heterocycles. The van der Waals surface area contributed by atoms with E-state index in [4.69, 9.17) is 5.41 Å². The molecule has 4 aromatic rings. The van der Waals surface area contributed by atoms with Gasteiger partial charge in [0.05, 0.1) is 5.56 Å². The number of nitrogens with zero attached hydrogens (tertiary/aromatic N) is 3. The lowest BCUT2D eigenvalue weighted by atomic mass is 10.1. The van der Waals surface area contributed by atoms with Crippen LogP contribution in [0.25, 0.3) is 16.7 Å². The van der Waals surface area contributed by atoms with Crippen molar-refractivity contribution in [3.05, 3.63) is 83.7 Å². The Balaban J connectivity index is 1.37. The van der Waals surface area contributed by atoms with Crippen LogP contribution in [0.4, 0.5) is 5.69 Å². The van der Waals surface area contributed by atoms with Crippen molar-refractivity contribution in [3.63, 3.8) is 0 Å². The molecule has 0 atom stereocenters. The van der Waals surface area contributed by atoms with Gasteiger partial charge in [-0.1, -0.05) is 12.1 Å². The number of aromatic nitrogens is 2. The Morgan fingerprint density at radius 1 is 1.06 bits per heavy atom. The van der Waals surface area contributed by atoms with E-state index in [1.165, 1.54) is 12.6 Å². The van der Waals surface area contributed by atoms with Gasteiger partial charge in [0.2, 0.25) is 0 Å². The van der Waals surface area contributed by atoms with Crippen LogP contribution in [-0.4, -0.2) is 44.8 Å². The van der Waals surface area contributed by atoms with Crippen molar-refractivity contribution in [2.45, 2.75) is 25.8 Å². The summed E-state index contributed by atoms with van der Waals surface area (Å²) in [5.41, 5.74) is 4.94. The molecule has 1 saturated heterocycles. The zero-order valence-corrected chi connectivity index (χ0v) is 18.9. The number of pyridine rings is 1. The van der Waals surface area contributed by atoms with Crippen molar-refractivity contribution < 1.29 is 9.90 Å². The lowest BCUT2D eigenvalue weighted by Gasteiger charge is -2.26. The molecule has 0 radical (unpaired) electrons. The van der Waals surface area contributed by atoms with Crippen molar-refractivity contribution in [2.24, 2.45) is 0 Å². The Labute approximate surface area is 198 Å². The Hall–Kier alpha value is -4.13. The highest BCUT2D eigenvalue weighted by molar-refractivity contribution is 5.97. The molecule has 3 N–H and O–H groups in total. The van der Waals surface area contributed by atoms with E-state index in [1.54, 1.807) is 18.3 Å². The number of aromatic hydroxyl groups is 1. The maximum absolute atomic E-state index is 12.9. The number of carbonyl (C=O) groups is 1. The quantitative estimate of drug-likeness (QED) is 0.360. The van der Waals surface area contributed by atoms with Crippen molar-refractivity contribution in [3.8, 4) is 11.4 Å². The van der Waals surface area contributed by atoms with Crippen molar-refractivity contribution in [1.82, 2.24) is 14.5 Å². The van der Waals surface area contributed by atoms with E-state index in [9.17, 15) is 9.90 Å². The first-order valence-electron chi connectivity index (χ1n) is 11.6. The summed E-state index contributed by atoms with van der Waals surface area (Å²) in [5, 5.41) is 21.6. The van der Waals surface area contributed by atoms with E-state index >= 15 is 0 Å². The van der Waals surface area contributed by atoms with E-state index < -0.39 is 0 Å². The second-order valence-corrected chi connectivity index (χ2v) is 8.61. The molecule has 0 bridgehead atoms. The number of carbonyl (C=O) groups excluding carboxylic acids is 1. The number of hydrogen-bond acceptors (Lipinski definition) is 5. The average molecular weight is 454 g/mol. The van der Waals surface area contributed by atoms with Gasteiger partial charge >= 0.3 is 0 Å². The zero-order valence-electron chi connectivity index (χ0n) is 18.9. The Kier molecular flexibility index (Phi) is 5.99. The van der Waals surface area contributed by atoms with Crippen molar-refractivity contribution >= 4 is 28.8 Å². The van der Waals surface area contributed by atoms with Crippen LogP contribution in [0.5, 0.6) is 5.75 Å². The molecule has 0 saturated carbocycles. The molecule has 34 heavy (non-hydrogen) atoms. The number of amides is 1. The van der Waals surface area contributed by atoms with Crippen LogP contribution >= 0.6 is 0 Å². The Bertz CT molecular complexity index is 1340. The molecule has 2 aromatic carbocycles. The standard InChI is InChI=1S/C27H27N5O2/c28-16-21-15-23(6-9-25(21)29-17-19-4-7-24(33)8-5-19)32-13-10-20-14-22(18-30-26(20)32)27(34)31-11-2-1-3-12-31/h4-10,13-16,18,28-29,33H,1-3,11-12,17H2. The maximum Gasteiger partial charge on any atom is 0.255 e. The highest BCUT2D eigenvalue weighted by Gasteiger charge is 2.19. The van der Waals surface area contributed by atoms with Crippen molar-refractivity contribution in [2.75, 3.05) is 18.4 Å². The minimum atomic E-state index is 0.0528. The highest BCUT2D eigenvalue weighted by atomic mass is 16.3. The van der Waals surface area contributed by atoms with Crippen LogP contribution in [0.1, 0.15) is 40.7 Å². The average Bonchev–Trinajstić information content (AvgIpc) is 3.31. The summed E-state index contributed by atoms with van der Waals surface area (Å²) in [5.74, 6) is 0.292. The summed E-state index contributed by atoms with van der Waals surface area (Å²) in [7, 11) is 0. The minimum absolute atomic E-state index is 0.0528. The molecule has 0 spiro atoms. The van der Waals surface area contributed by atoms with E-state index in [-0.39, 0.29) is 11.7 Å². The monoisotopic (exact) mass is 453 g/mol. The van der Waals surface area contributed by atoms with Gasteiger partial charge in [0.15, 0.2) is 0 Å². The predicted octanol–water partition coefficient (Wildman–Crippen LogP) is 4.97. The molecule has 1 fully saturated rings. The zero-order chi connectivity index (χ0) is 23.5. The second kappa shape index (κ2) is 9.39.